The summed E-state index contributed by atoms with van der Waals surface area (Å²) in [5.74, 6) is 1.81. The molecule has 4 rings (SSSR count). The molecule has 0 aliphatic heterocycles. The zero-order valence-electron chi connectivity index (χ0n) is 18.4. The summed E-state index contributed by atoms with van der Waals surface area (Å²) in [6.45, 7) is 7.00. The minimum absolute atomic E-state index is 0.0887. The lowest BCUT2D eigenvalue weighted by Crippen LogP contribution is -2.35. The fourth-order valence-electron chi connectivity index (χ4n) is 4.64. The predicted octanol–water partition coefficient (Wildman–Crippen LogP) is 5.45. The quantitative estimate of drug-likeness (QED) is 0.570. The van der Waals surface area contributed by atoms with Crippen molar-refractivity contribution in [2.45, 2.75) is 71.4 Å². The van der Waals surface area contributed by atoms with Crippen LogP contribution in [0.1, 0.15) is 69.3 Å². The largest absolute Gasteiger partial charge is 0.352 e. The number of nitrogens with zero attached hydrogens (tertiary/aromatic N) is 2. The number of hydrogen-bond donors (Lipinski definition) is 1. The summed E-state index contributed by atoms with van der Waals surface area (Å²) in [4.78, 5) is 17.7. The standard InChI is InChI=1S/C26H33N3O/c1-18(2)16-20-12-14-21(15-13-20)19(3)26-28-23-10-6-7-11-24(23)29(26)17-25(30)27-22-8-4-5-9-22/h6-7,10-15,18-19,22H,4-5,8-9,16-17H2,1-3H3,(H,27,30). The Bertz CT molecular complexity index is 997. The van der Waals surface area contributed by atoms with E-state index in [-0.39, 0.29) is 11.8 Å². The number of hydrogen-bond acceptors (Lipinski definition) is 2. The normalized spacial score (nSPS) is 15.7. The van der Waals surface area contributed by atoms with Crippen LogP contribution in [0, 0.1) is 5.92 Å². The van der Waals surface area contributed by atoms with Crippen LogP contribution in [0.15, 0.2) is 48.5 Å². The van der Waals surface area contributed by atoms with Gasteiger partial charge in [-0.05, 0) is 48.4 Å². The van der Waals surface area contributed by atoms with Gasteiger partial charge >= 0.3 is 0 Å². The third-order valence-electron chi connectivity index (χ3n) is 6.22. The molecule has 0 bridgehead atoms. The number of carbonyl (C=O) groups is 1. The second-order valence-electron chi connectivity index (χ2n) is 9.15. The van der Waals surface area contributed by atoms with Crippen molar-refractivity contribution in [3.05, 3.63) is 65.5 Å². The minimum Gasteiger partial charge on any atom is -0.352 e. The maximum Gasteiger partial charge on any atom is 0.240 e. The van der Waals surface area contributed by atoms with Gasteiger partial charge in [0.05, 0.1) is 11.0 Å². The van der Waals surface area contributed by atoms with E-state index in [0.717, 1.165) is 36.1 Å². The van der Waals surface area contributed by atoms with Crippen molar-refractivity contribution in [1.82, 2.24) is 14.9 Å². The minimum atomic E-state index is 0.0887. The highest BCUT2D eigenvalue weighted by molar-refractivity contribution is 5.81. The number of imidazole rings is 1. The third kappa shape index (κ3) is 4.58. The highest BCUT2D eigenvalue weighted by Crippen LogP contribution is 2.28. The summed E-state index contributed by atoms with van der Waals surface area (Å²) in [5, 5.41) is 3.23. The number of benzene rings is 2. The van der Waals surface area contributed by atoms with Crippen LogP contribution in [0.25, 0.3) is 11.0 Å². The van der Waals surface area contributed by atoms with E-state index in [0.29, 0.717) is 18.5 Å². The molecule has 0 radical (unpaired) electrons. The Morgan fingerprint density at radius 2 is 1.77 bits per heavy atom. The lowest BCUT2D eigenvalue weighted by molar-refractivity contribution is -0.122. The van der Waals surface area contributed by atoms with Crippen molar-refractivity contribution in [1.29, 1.82) is 0 Å². The second-order valence-corrected chi connectivity index (χ2v) is 9.15. The van der Waals surface area contributed by atoms with Crippen molar-refractivity contribution < 1.29 is 4.79 Å². The van der Waals surface area contributed by atoms with Gasteiger partial charge in [0, 0.05) is 12.0 Å². The van der Waals surface area contributed by atoms with Crippen LogP contribution in [0.5, 0.6) is 0 Å². The first-order valence-electron chi connectivity index (χ1n) is 11.3. The highest BCUT2D eigenvalue weighted by Gasteiger charge is 2.22. The molecular weight excluding hydrogens is 370 g/mol. The van der Waals surface area contributed by atoms with Crippen LogP contribution in [-0.4, -0.2) is 21.5 Å². The molecule has 1 N–H and O–H groups in total. The third-order valence-corrected chi connectivity index (χ3v) is 6.22. The van der Waals surface area contributed by atoms with Gasteiger partial charge in [-0.3, -0.25) is 4.79 Å². The molecule has 0 spiro atoms. The van der Waals surface area contributed by atoms with Crippen LogP contribution in [-0.2, 0) is 17.8 Å². The summed E-state index contributed by atoms with van der Waals surface area (Å²) in [5.41, 5.74) is 4.57. The lowest BCUT2D eigenvalue weighted by atomic mass is 9.96. The Morgan fingerprint density at radius 3 is 2.47 bits per heavy atom. The molecule has 1 aromatic heterocycles. The van der Waals surface area contributed by atoms with Crippen molar-refractivity contribution >= 4 is 16.9 Å². The molecule has 1 atom stereocenters. The zero-order chi connectivity index (χ0) is 21.1. The Hall–Kier alpha value is -2.62. The van der Waals surface area contributed by atoms with E-state index in [1.165, 1.54) is 24.0 Å². The molecule has 1 amide bonds. The van der Waals surface area contributed by atoms with Gasteiger partial charge in [0.1, 0.15) is 12.4 Å². The molecule has 158 valence electrons. The summed E-state index contributed by atoms with van der Waals surface area (Å²) in [6, 6.07) is 17.3. The first-order valence-corrected chi connectivity index (χ1v) is 11.3. The maximum absolute atomic E-state index is 12.8. The van der Waals surface area contributed by atoms with E-state index in [1.54, 1.807) is 0 Å². The van der Waals surface area contributed by atoms with E-state index >= 15 is 0 Å². The molecule has 1 saturated carbocycles. The van der Waals surface area contributed by atoms with Gasteiger partial charge in [-0.1, -0.05) is 70.0 Å². The topological polar surface area (TPSA) is 46.9 Å². The fraction of sp³-hybridized carbons (Fsp3) is 0.462. The molecule has 1 heterocycles. The second kappa shape index (κ2) is 9.03. The molecule has 2 aromatic carbocycles. The van der Waals surface area contributed by atoms with Gasteiger partial charge < -0.3 is 9.88 Å². The number of fused-ring (bicyclic) bond motifs is 1. The predicted molar refractivity (Wildman–Crippen MR) is 123 cm³/mol. The molecule has 4 heteroatoms. The van der Waals surface area contributed by atoms with Gasteiger partial charge in [0.2, 0.25) is 5.91 Å². The van der Waals surface area contributed by atoms with Gasteiger partial charge in [-0.25, -0.2) is 4.98 Å². The molecule has 30 heavy (non-hydrogen) atoms. The maximum atomic E-state index is 12.8. The smallest absolute Gasteiger partial charge is 0.240 e. The number of nitrogens with one attached hydrogen (secondary N) is 1. The van der Waals surface area contributed by atoms with Gasteiger partial charge in [-0.15, -0.1) is 0 Å². The molecule has 0 saturated heterocycles. The number of amides is 1. The van der Waals surface area contributed by atoms with Gasteiger partial charge in [0.15, 0.2) is 0 Å². The van der Waals surface area contributed by atoms with Crippen LogP contribution in [0.4, 0.5) is 0 Å². The zero-order valence-corrected chi connectivity index (χ0v) is 18.4. The average molecular weight is 404 g/mol. The average Bonchev–Trinajstić information content (AvgIpc) is 3.36. The van der Waals surface area contributed by atoms with Gasteiger partial charge in [-0.2, -0.15) is 0 Å². The van der Waals surface area contributed by atoms with Crippen LogP contribution in [0.3, 0.4) is 0 Å². The number of carbonyl (C=O) groups excluding carboxylic acids is 1. The van der Waals surface area contributed by atoms with Crippen molar-refractivity contribution in [2.24, 2.45) is 5.92 Å². The summed E-state index contributed by atoms with van der Waals surface area (Å²) in [7, 11) is 0. The molecule has 3 aromatic rings. The van der Waals surface area contributed by atoms with Gasteiger partial charge in [0.25, 0.3) is 0 Å². The SMILES string of the molecule is CC(C)Cc1ccc(C(C)c2nc3ccccc3n2CC(=O)NC2CCCC2)cc1. The molecule has 1 unspecified atom stereocenters. The van der Waals surface area contributed by atoms with E-state index < -0.39 is 0 Å². The molecular formula is C26H33N3O. The number of rotatable bonds is 7. The first-order chi connectivity index (χ1) is 14.5. The van der Waals surface area contributed by atoms with E-state index in [4.69, 9.17) is 4.98 Å². The van der Waals surface area contributed by atoms with Crippen LogP contribution in [0.2, 0.25) is 0 Å². The van der Waals surface area contributed by atoms with Crippen LogP contribution >= 0.6 is 0 Å². The molecule has 1 fully saturated rings. The highest BCUT2D eigenvalue weighted by atomic mass is 16.2. The summed E-state index contributed by atoms with van der Waals surface area (Å²) < 4.78 is 2.10. The molecule has 1 aliphatic rings. The summed E-state index contributed by atoms with van der Waals surface area (Å²) in [6.07, 6.45) is 5.72. The molecule has 1 aliphatic carbocycles. The van der Waals surface area contributed by atoms with Crippen molar-refractivity contribution in [3.63, 3.8) is 0 Å². The van der Waals surface area contributed by atoms with Crippen LogP contribution < -0.4 is 5.32 Å². The van der Waals surface area contributed by atoms with E-state index in [1.807, 2.05) is 18.2 Å². The van der Waals surface area contributed by atoms with E-state index in [2.05, 4.69) is 61.0 Å². The Morgan fingerprint density at radius 1 is 1.07 bits per heavy atom. The summed E-state index contributed by atoms with van der Waals surface area (Å²) >= 11 is 0. The number of aromatic nitrogens is 2. The van der Waals surface area contributed by atoms with Crippen molar-refractivity contribution in [2.75, 3.05) is 0 Å². The first kappa shape index (κ1) is 20.6. The Balaban J connectivity index is 1.61. The Labute approximate surface area is 179 Å². The number of para-hydroxylation sites is 2. The van der Waals surface area contributed by atoms with Crippen molar-refractivity contribution in [3.8, 4) is 0 Å². The van der Waals surface area contributed by atoms with E-state index in [9.17, 15) is 4.79 Å². The lowest BCUT2D eigenvalue weighted by Gasteiger charge is -2.17. The fourth-order valence-corrected chi connectivity index (χ4v) is 4.64. The Kier molecular flexibility index (Phi) is 6.21. The molecule has 4 nitrogen and oxygen atoms in total. The monoisotopic (exact) mass is 403 g/mol.